The van der Waals surface area contributed by atoms with Gasteiger partial charge in [-0.3, -0.25) is 14.5 Å². The van der Waals surface area contributed by atoms with Crippen LogP contribution in [0, 0.1) is 0 Å². The molecule has 2 aromatic rings. The lowest BCUT2D eigenvalue weighted by molar-refractivity contribution is -0.137. The van der Waals surface area contributed by atoms with Gasteiger partial charge in [0.2, 0.25) is 10.0 Å². The SMILES string of the molecule is O=C1c2ccccc2C(=O)N1CCCN1CCN(S(=O)(=O)c2cccc(C(F)(F)F)c2)CC1. The van der Waals surface area contributed by atoms with E-state index in [0.717, 1.165) is 12.1 Å². The lowest BCUT2D eigenvalue weighted by Crippen LogP contribution is -2.49. The summed E-state index contributed by atoms with van der Waals surface area (Å²) >= 11 is 0. The Hall–Kier alpha value is -2.76. The van der Waals surface area contributed by atoms with E-state index in [1.54, 1.807) is 24.3 Å². The molecule has 0 aliphatic carbocycles. The van der Waals surface area contributed by atoms with Gasteiger partial charge in [0.15, 0.2) is 0 Å². The van der Waals surface area contributed by atoms with Gasteiger partial charge < -0.3 is 4.90 Å². The Morgan fingerprint density at radius 1 is 0.818 bits per heavy atom. The highest BCUT2D eigenvalue weighted by Gasteiger charge is 2.36. The molecule has 33 heavy (non-hydrogen) atoms. The van der Waals surface area contributed by atoms with Gasteiger partial charge in [0.1, 0.15) is 0 Å². The zero-order valence-corrected chi connectivity index (χ0v) is 18.4. The van der Waals surface area contributed by atoms with Crippen molar-refractivity contribution in [2.45, 2.75) is 17.5 Å². The Balaban J connectivity index is 1.30. The van der Waals surface area contributed by atoms with Crippen molar-refractivity contribution >= 4 is 21.8 Å². The van der Waals surface area contributed by atoms with E-state index in [0.29, 0.717) is 43.2 Å². The van der Waals surface area contributed by atoms with E-state index < -0.39 is 21.8 Å². The highest BCUT2D eigenvalue weighted by Crippen LogP contribution is 2.31. The van der Waals surface area contributed by atoms with Crippen molar-refractivity contribution < 1.29 is 31.2 Å². The van der Waals surface area contributed by atoms with Gasteiger partial charge in [0.05, 0.1) is 21.6 Å². The Morgan fingerprint density at radius 2 is 1.42 bits per heavy atom. The monoisotopic (exact) mass is 481 g/mol. The number of hydrogen-bond donors (Lipinski definition) is 0. The fourth-order valence-electron chi connectivity index (χ4n) is 4.07. The zero-order valence-electron chi connectivity index (χ0n) is 17.6. The number of rotatable bonds is 6. The summed E-state index contributed by atoms with van der Waals surface area (Å²) in [5.41, 5.74) is -0.206. The van der Waals surface area contributed by atoms with Crippen molar-refractivity contribution in [1.82, 2.24) is 14.1 Å². The molecule has 0 spiro atoms. The zero-order chi connectivity index (χ0) is 23.8. The fraction of sp³-hybridized carbons (Fsp3) is 0.364. The summed E-state index contributed by atoms with van der Waals surface area (Å²) in [4.78, 5) is 27.7. The molecule has 11 heteroatoms. The summed E-state index contributed by atoms with van der Waals surface area (Å²) in [6, 6.07) is 10.4. The number of carbonyl (C=O) groups is 2. The van der Waals surface area contributed by atoms with Crippen LogP contribution < -0.4 is 0 Å². The van der Waals surface area contributed by atoms with E-state index in [2.05, 4.69) is 0 Å². The third-order valence-electron chi connectivity index (χ3n) is 5.86. The number of benzene rings is 2. The van der Waals surface area contributed by atoms with Crippen molar-refractivity contribution in [3.8, 4) is 0 Å². The maximum Gasteiger partial charge on any atom is 0.416 e. The summed E-state index contributed by atoms with van der Waals surface area (Å²) in [6.45, 7) is 1.91. The van der Waals surface area contributed by atoms with Crippen molar-refractivity contribution in [3.63, 3.8) is 0 Å². The summed E-state index contributed by atoms with van der Waals surface area (Å²) in [7, 11) is -4.04. The van der Waals surface area contributed by atoms with E-state index in [-0.39, 0.29) is 36.3 Å². The molecule has 0 saturated carbocycles. The van der Waals surface area contributed by atoms with Crippen LogP contribution in [0.1, 0.15) is 32.7 Å². The molecule has 0 aromatic heterocycles. The maximum atomic E-state index is 12.9. The van der Waals surface area contributed by atoms with Crippen LogP contribution in [-0.4, -0.2) is 73.6 Å². The second-order valence-corrected chi connectivity index (χ2v) is 9.87. The van der Waals surface area contributed by atoms with Crippen LogP contribution in [0.3, 0.4) is 0 Å². The molecule has 1 fully saturated rings. The van der Waals surface area contributed by atoms with Gasteiger partial charge in [-0.2, -0.15) is 17.5 Å². The summed E-state index contributed by atoms with van der Waals surface area (Å²) in [5.74, 6) is -0.625. The van der Waals surface area contributed by atoms with Gasteiger partial charge in [-0.15, -0.1) is 0 Å². The number of imide groups is 1. The molecule has 2 aromatic carbocycles. The highest BCUT2D eigenvalue weighted by atomic mass is 32.2. The average Bonchev–Trinajstić information content (AvgIpc) is 3.04. The number of hydrogen-bond acceptors (Lipinski definition) is 5. The second-order valence-electron chi connectivity index (χ2n) is 7.93. The van der Waals surface area contributed by atoms with E-state index in [1.807, 2.05) is 4.90 Å². The normalized spacial score (nSPS) is 18.1. The van der Waals surface area contributed by atoms with Crippen LogP contribution in [0.4, 0.5) is 13.2 Å². The van der Waals surface area contributed by atoms with E-state index >= 15 is 0 Å². The lowest BCUT2D eigenvalue weighted by atomic mass is 10.1. The number of nitrogens with zero attached hydrogens (tertiary/aromatic N) is 3. The molecule has 176 valence electrons. The number of alkyl halides is 3. The van der Waals surface area contributed by atoms with Gasteiger partial charge in [-0.05, 0) is 43.3 Å². The van der Waals surface area contributed by atoms with Crippen LogP contribution in [0.15, 0.2) is 53.4 Å². The molecular formula is C22H22F3N3O4S. The lowest BCUT2D eigenvalue weighted by Gasteiger charge is -2.34. The summed E-state index contributed by atoms with van der Waals surface area (Å²) in [6.07, 6.45) is -4.09. The minimum Gasteiger partial charge on any atom is -0.301 e. The predicted octanol–water partition coefficient (Wildman–Crippen LogP) is 2.70. The minimum absolute atomic E-state index is 0.144. The first-order chi connectivity index (χ1) is 15.6. The van der Waals surface area contributed by atoms with Crippen LogP contribution in [-0.2, 0) is 16.2 Å². The van der Waals surface area contributed by atoms with Crippen molar-refractivity contribution in [2.24, 2.45) is 0 Å². The van der Waals surface area contributed by atoms with Crippen LogP contribution >= 0.6 is 0 Å². The first-order valence-electron chi connectivity index (χ1n) is 10.4. The Morgan fingerprint density at radius 3 is 2.00 bits per heavy atom. The number of sulfonamides is 1. The van der Waals surface area contributed by atoms with Crippen LogP contribution in [0.2, 0.25) is 0 Å². The van der Waals surface area contributed by atoms with Gasteiger partial charge in [-0.1, -0.05) is 18.2 Å². The van der Waals surface area contributed by atoms with Gasteiger partial charge in [0, 0.05) is 32.7 Å². The molecule has 1 saturated heterocycles. The van der Waals surface area contributed by atoms with E-state index in [9.17, 15) is 31.2 Å². The molecular weight excluding hydrogens is 459 g/mol. The standard InChI is InChI=1S/C22H22F3N3O4S/c23-22(24,25)16-5-3-6-17(15-16)33(31,32)27-13-11-26(12-14-27)9-4-10-28-20(29)18-7-1-2-8-19(18)21(28)30/h1-3,5-8,15H,4,9-14H2. The third-order valence-corrected chi connectivity index (χ3v) is 7.76. The third kappa shape index (κ3) is 4.66. The molecule has 0 radical (unpaired) electrons. The van der Waals surface area contributed by atoms with E-state index in [4.69, 9.17) is 0 Å². The first kappa shape index (κ1) is 23.4. The molecule has 7 nitrogen and oxygen atoms in total. The van der Waals surface area contributed by atoms with Gasteiger partial charge in [-0.25, -0.2) is 8.42 Å². The molecule has 0 N–H and O–H groups in total. The molecule has 0 atom stereocenters. The minimum atomic E-state index is -4.62. The summed E-state index contributed by atoms with van der Waals surface area (Å²) < 4.78 is 65.6. The summed E-state index contributed by atoms with van der Waals surface area (Å²) in [5, 5.41) is 0. The van der Waals surface area contributed by atoms with Gasteiger partial charge >= 0.3 is 6.18 Å². The molecule has 2 heterocycles. The molecule has 2 aliphatic rings. The van der Waals surface area contributed by atoms with Crippen molar-refractivity contribution in [1.29, 1.82) is 0 Å². The largest absolute Gasteiger partial charge is 0.416 e. The molecule has 4 rings (SSSR count). The fourth-order valence-corrected chi connectivity index (χ4v) is 5.54. The number of fused-ring (bicyclic) bond motifs is 1. The number of halogens is 3. The second kappa shape index (κ2) is 8.88. The Kier molecular flexibility index (Phi) is 6.30. The van der Waals surface area contributed by atoms with Crippen molar-refractivity contribution in [2.75, 3.05) is 39.3 Å². The molecule has 2 aliphatic heterocycles. The molecule has 0 bridgehead atoms. The van der Waals surface area contributed by atoms with E-state index in [1.165, 1.54) is 15.3 Å². The van der Waals surface area contributed by atoms with Crippen LogP contribution in [0.5, 0.6) is 0 Å². The topological polar surface area (TPSA) is 78.0 Å². The van der Waals surface area contributed by atoms with Gasteiger partial charge in [0.25, 0.3) is 11.8 Å². The average molecular weight is 481 g/mol. The quantitative estimate of drug-likeness (QED) is 0.593. The number of carbonyl (C=O) groups excluding carboxylic acids is 2. The number of amides is 2. The Labute approximate surface area is 189 Å². The first-order valence-corrected chi connectivity index (χ1v) is 11.9. The highest BCUT2D eigenvalue weighted by molar-refractivity contribution is 7.89. The van der Waals surface area contributed by atoms with Crippen LogP contribution in [0.25, 0.3) is 0 Å². The Bertz CT molecular complexity index is 1140. The predicted molar refractivity (Wildman–Crippen MR) is 113 cm³/mol. The smallest absolute Gasteiger partial charge is 0.301 e. The molecule has 2 amide bonds. The number of piperazine rings is 1. The molecule has 0 unspecified atom stereocenters. The van der Waals surface area contributed by atoms with Crippen molar-refractivity contribution in [3.05, 3.63) is 65.2 Å². The maximum absolute atomic E-state index is 12.9.